The molecule has 1 atom stereocenters. The van der Waals surface area contributed by atoms with Gasteiger partial charge < -0.3 is 30.2 Å². The van der Waals surface area contributed by atoms with Crippen LogP contribution in [-0.4, -0.2) is 290 Å². The second-order valence-electron chi connectivity index (χ2n) is 41.6. The maximum absolute atomic E-state index is 12.2. The number of piperidine rings is 1. The number of anilines is 3. The van der Waals surface area contributed by atoms with Crippen molar-refractivity contribution in [2.75, 3.05) is 88.1 Å². The first-order chi connectivity index (χ1) is 65.1. The zero-order chi connectivity index (χ0) is 102. The molecule has 0 aliphatic carbocycles. The monoisotopic (exact) mass is 1960 g/mol. The van der Waals surface area contributed by atoms with Gasteiger partial charge in [0.2, 0.25) is 17.7 Å². The van der Waals surface area contributed by atoms with E-state index >= 15 is 0 Å². The number of carbonyl (C=O) groups excluding carboxylic acids is 2. The van der Waals surface area contributed by atoms with Gasteiger partial charge in [-0.15, -0.1) is 20.4 Å². The van der Waals surface area contributed by atoms with Gasteiger partial charge >= 0.3 is 0 Å². The molecule has 3 fully saturated rings. The molecule has 754 valence electrons. The normalized spacial score (nSPS) is 14.7. The summed E-state index contributed by atoms with van der Waals surface area (Å²) >= 11 is 0. The maximum atomic E-state index is 12.2. The lowest BCUT2D eigenvalue weighted by atomic mass is 10.1. The Balaban J connectivity index is 0.000000178. The van der Waals surface area contributed by atoms with Crippen molar-refractivity contribution in [2.45, 2.75) is 273 Å². The molecule has 0 bridgehead atoms. The predicted octanol–water partition coefficient (Wildman–Crippen LogP) is 8.32. The van der Waals surface area contributed by atoms with E-state index in [-0.39, 0.29) is 73.3 Å². The first kappa shape index (κ1) is 110. The maximum Gasteiger partial charge on any atom is 0.291 e. The van der Waals surface area contributed by atoms with Crippen LogP contribution in [0.15, 0.2) is 133 Å². The molecule has 10 aromatic heterocycles. The largest absolute Gasteiger partial charge is 0.486 e. The van der Waals surface area contributed by atoms with E-state index in [4.69, 9.17) is 4.74 Å². The predicted molar refractivity (Wildman–Crippen MR) is 523 cm³/mol. The highest BCUT2D eigenvalue weighted by Crippen LogP contribution is 2.35. The number of sulfonamides is 1. The number of amides is 2. The number of carbonyl (C=O) groups is 2. The molecule has 3 aromatic carbocycles. The molecule has 5 N–H and O–H groups in total. The van der Waals surface area contributed by atoms with E-state index in [9.17, 15) is 22.6 Å². The molecule has 16 rings (SSSR count). The standard InChI is InChI=1S/C14H21N4O2P.C12H17N5.C11H20N6O.C11H14N6O.C11H15N5O2S.C11H21N5.C10H20N6.C8H12N6/c1-14(2,3)18-13(15-16-17-18)10-20-11-6-8-12(9-7-11)21(4,5)19;1-12(2,3)17-11(14-15-16-17)13-9-10-7-5-4-6-8-10;1-11(2,3)17-9(13-14-15-17)10(18)12-8-5-6-16(4)7-8;1-11(2,3)17-10(14-15-16-17)13-9(18)8-5-4-6-12-7-8;1-11(2,3)16-10(12-14-15-16)13-19(17,18)9-7-5-4-6-8-9;1-11(2,3)16-10(12-13-14-16)9-15-7-5-4-6-8-15;1-10(2,3)16-9(12-13-14-16)8-15-6-4-11-5-7-15;1-8(2,3)14-7(10-11-12-14)13-6-4-5-9-13/h6-9H,10H2,1-5H3;4-8H,9H2,1-3H3,(H,13,14,16);8H,5-7H2,1-4H3,(H,12,18);4-7H,1-3H3,(H,13,14,16,18);4-8H,1-3H3,(H,12,13,15);4-9H2,1-3H3;11H,4-8H2,1-3H3;4-6H,1-3H3. The summed E-state index contributed by atoms with van der Waals surface area (Å²) in [6, 6.07) is 30.9. The summed E-state index contributed by atoms with van der Waals surface area (Å²) in [6.45, 7) is 63.2. The Morgan fingerprint density at radius 1 is 0.460 bits per heavy atom. The van der Waals surface area contributed by atoms with Gasteiger partial charge in [0.15, 0.2) is 17.5 Å². The van der Waals surface area contributed by atoms with E-state index in [1.165, 1.54) is 60.9 Å². The number of rotatable bonds is 19. The van der Waals surface area contributed by atoms with Crippen molar-refractivity contribution in [3.63, 3.8) is 0 Å². The topological polar surface area (TPSA) is 544 Å². The van der Waals surface area contributed by atoms with Crippen molar-refractivity contribution in [2.24, 2.45) is 0 Å². The van der Waals surface area contributed by atoms with Crippen LogP contribution < -0.4 is 36.0 Å². The summed E-state index contributed by atoms with van der Waals surface area (Å²) in [6.07, 6.45) is 11.5. The Labute approximate surface area is 812 Å². The number of likely N-dealkylation sites (tertiary alicyclic amines) is 2. The Bertz CT molecular complexity index is 5950. The molecule has 0 spiro atoms. The van der Waals surface area contributed by atoms with Gasteiger partial charge in [-0.2, -0.15) is 5.10 Å². The number of aromatic nitrogens is 35. The molecular weight excluding hydrogens is 1820 g/mol. The summed E-state index contributed by atoms with van der Waals surface area (Å²) in [4.78, 5) is 35.1. The lowest BCUT2D eigenvalue weighted by molar-refractivity contribution is 0.0913. The molecule has 3 aliphatic heterocycles. The average molecular weight is 1960 g/mol. The van der Waals surface area contributed by atoms with Gasteiger partial charge in [-0.3, -0.25) is 29.7 Å². The second-order valence-corrected chi connectivity index (χ2v) is 46.5. The summed E-state index contributed by atoms with van der Waals surface area (Å²) in [5, 5.41) is 109. The highest BCUT2D eigenvalue weighted by atomic mass is 32.2. The molecule has 0 radical (unpaired) electrons. The zero-order valence-electron chi connectivity index (χ0n) is 85.3. The lowest BCUT2D eigenvalue weighted by Crippen LogP contribution is -2.43. The summed E-state index contributed by atoms with van der Waals surface area (Å²) < 4.78 is 59.7. The molecule has 1 unspecified atom stereocenters. The molecule has 51 heteroatoms. The van der Waals surface area contributed by atoms with Gasteiger partial charge in [0.25, 0.3) is 33.7 Å². The molecule has 13 heterocycles. The van der Waals surface area contributed by atoms with Gasteiger partial charge in [0.1, 0.15) is 19.5 Å². The van der Waals surface area contributed by atoms with E-state index in [1.54, 1.807) is 84.1 Å². The van der Waals surface area contributed by atoms with Crippen LogP contribution in [0.25, 0.3) is 5.95 Å². The minimum Gasteiger partial charge on any atom is -0.486 e. The Kier molecular flexibility index (Phi) is 37.8. The third-order valence-corrected chi connectivity index (χ3v) is 23.5. The van der Waals surface area contributed by atoms with Crippen LogP contribution in [0.1, 0.15) is 236 Å². The summed E-state index contributed by atoms with van der Waals surface area (Å²) in [5.41, 5.74) is 0.0940. The van der Waals surface area contributed by atoms with Crippen LogP contribution in [0.4, 0.5) is 17.8 Å². The highest BCUT2D eigenvalue weighted by molar-refractivity contribution is 7.92. The van der Waals surface area contributed by atoms with Crippen molar-refractivity contribution < 1.29 is 27.3 Å². The minimum atomic E-state index is -3.68. The summed E-state index contributed by atoms with van der Waals surface area (Å²) in [7, 11) is -3.86. The minimum absolute atomic E-state index is 0.0331. The quantitative estimate of drug-likeness (QED) is 0.0475. The molecule has 3 saturated heterocycles. The second kappa shape index (κ2) is 48.0. The lowest BCUT2D eigenvalue weighted by Gasteiger charge is -2.28. The fourth-order valence-corrected chi connectivity index (χ4v) is 15.4. The van der Waals surface area contributed by atoms with Crippen LogP contribution in [0.2, 0.25) is 0 Å². The first-order valence-electron chi connectivity index (χ1n) is 45.9. The van der Waals surface area contributed by atoms with Crippen molar-refractivity contribution in [1.82, 2.24) is 202 Å². The van der Waals surface area contributed by atoms with Crippen LogP contribution in [-0.2, 0) is 85.1 Å². The number of likely N-dealkylation sites (N-methyl/N-ethyl adjacent to an activating group) is 1. The van der Waals surface area contributed by atoms with Crippen LogP contribution in [0.3, 0.4) is 0 Å². The van der Waals surface area contributed by atoms with E-state index in [0.717, 1.165) is 82.3 Å². The molecule has 2 amide bonds. The van der Waals surface area contributed by atoms with Crippen LogP contribution >= 0.6 is 7.14 Å². The van der Waals surface area contributed by atoms with Crippen LogP contribution in [0, 0.1) is 0 Å². The van der Waals surface area contributed by atoms with Gasteiger partial charge in [-0.05, 0) is 369 Å². The SMILES string of the molecule is CC(C)(C)n1nnnc1-n1cccn1.CC(C)(C)n1nnnc1CN1CCCCC1.CC(C)(C)n1nnnc1CN1CCNCC1.CC(C)(C)n1nnnc1COc1ccc(P(C)(C)=O)cc1.CC(C)(C)n1nnnc1NC(=O)c1cccnc1.CC(C)(C)n1nnnc1NCc1ccccc1.CC(C)(C)n1nnnc1NS(=O)(=O)c1ccccc1.CN1CCC(NC(=O)c2nnnn2C(C)(C)C)C1. The smallest absolute Gasteiger partial charge is 0.291 e. The van der Waals surface area contributed by atoms with Gasteiger partial charge in [-0.25, -0.2) is 55.3 Å². The van der Waals surface area contributed by atoms with Gasteiger partial charge in [0, 0.05) is 75.4 Å². The zero-order valence-corrected chi connectivity index (χ0v) is 87.0. The number of nitrogens with zero attached hydrogens (tertiary/aromatic N) is 38. The number of pyridine rings is 1. The van der Waals surface area contributed by atoms with Gasteiger partial charge in [0.05, 0.1) is 67.9 Å². The number of nitrogens with one attached hydrogen (secondary N) is 5. The molecule has 139 heavy (non-hydrogen) atoms. The van der Waals surface area contributed by atoms with E-state index in [1.807, 2.05) is 175 Å². The molecular formula is C88H140N43O6PS. The summed E-state index contributed by atoms with van der Waals surface area (Å²) in [5.74, 6) is 4.83. The number of hydrogen-bond donors (Lipinski definition) is 5. The third kappa shape index (κ3) is 33.9. The van der Waals surface area contributed by atoms with Crippen molar-refractivity contribution in [3.8, 4) is 11.7 Å². The van der Waals surface area contributed by atoms with Crippen molar-refractivity contribution in [3.05, 3.63) is 162 Å². The van der Waals surface area contributed by atoms with E-state index in [2.05, 4.69) is 249 Å². The Morgan fingerprint density at radius 2 is 0.914 bits per heavy atom. The average Bonchev–Trinajstić information content (AvgIpc) is 1.70. The van der Waals surface area contributed by atoms with Crippen molar-refractivity contribution >= 4 is 52.1 Å². The Hall–Kier alpha value is -13.1. The number of ether oxygens (including phenoxy) is 1. The van der Waals surface area contributed by atoms with Crippen LogP contribution in [0.5, 0.6) is 5.75 Å². The molecule has 13 aromatic rings. The third-order valence-electron chi connectivity index (χ3n) is 20.6. The van der Waals surface area contributed by atoms with E-state index < -0.39 is 22.7 Å². The number of benzene rings is 3. The highest BCUT2D eigenvalue weighted by Gasteiger charge is 2.32. The van der Waals surface area contributed by atoms with E-state index in [0.29, 0.717) is 41.6 Å². The molecule has 0 saturated carbocycles. The van der Waals surface area contributed by atoms with Gasteiger partial charge in [-0.1, -0.05) is 75.3 Å². The number of piperazine rings is 1. The number of tetrazole rings is 8. The van der Waals surface area contributed by atoms with Crippen molar-refractivity contribution in [1.29, 1.82) is 0 Å². The Morgan fingerprint density at radius 3 is 1.41 bits per heavy atom. The fourth-order valence-electron chi connectivity index (χ4n) is 13.5. The fraction of sp³-hybridized carbons (Fsp3) is 0.591. The first-order valence-corrected chi connectivity index (χ1v) is 50.0. The molecule has 3 aliphatic rings. The molecule has 49 nitrogen and oxygen atoms in total. The number of hydrogen-bond acceptors (Lipinski definition) is 37.